The van der Waals surface area contributed by atoms with Gasteiger partial charge in [0.2, 0.25) is 0 Å². The smallest absolute Gasteiger partial charge is 0.338 e. The van der Waals surface area contributed by atoms with Crippen LogP contribution in [0.25, 0.3) is 0 Å². The fourth-order valence-electron chi connectivity index (χ4n) is 3.37. The first-order chi connectivity index (χ1) is 15.3. The standard InChI is InChI=1S/C22H25N3O6S/c26-20(24-22(28)23-17-9-3-1-4-10-17)15-31-21(27)16-8-7-11-18(14-16)25-32(29,30)19-12-5-2-6-13-19/h2,5-8,11-14,17,25H,1,3-4,9-10,15H2,(H2,23,24,26,28). The SMILES string of the molecule is O=C(COC(=O)c1cccc(NS(=O)(=O)c2ccccc2)c1)NC(=O)NC1CCCCC1. The number of carbonyl (C=O) groups excluding carboxylic acids is 3. The Hall–Kier alpha value is -3.40. The van der Waals surface area contributed by atoms with Crippen LogP contribution in [0.1, 0.15) is 42.5 Å². The summed E-state index contributed by atoms with van der Waals surface area (Å²) in [5.74, 6) is -1.58. The molecule has 0 bridgehead atoms. The van der Waals surface area contributed by atoms with Gasteiger partial charge >= 0.3 is 12.0 Å². The van der Waals surface area contributed by atoms with Crippen molar-refractivity contribution in [3.05, 3.63) is 60.2 Å². The predicted molar refractivity (Wildman–Crippen MR) is 118 cm³/mol. The van der Waals surface area contributed by atoms with Crippen LogP contribution in [0.3, 0.4) is 0 Å². The Labute approximate surface area is 186 Å². The normalized spacial score (nSPS) is 14.2. The number of hydrogen-bond donors (Lipinski definition) is 3. The largest absolute Gasteiger partial charge is 0.452 e. The highest BCUT2D eigenvalue weighted by atomic mass is 32.2. The van der Waals surface area contributed by atoms with Crippen molar-refractivity contribution in [2.45, 2.75) is 43.0 Å². The summed E-state index contributed by atoms with van der Waals surface area (Å²) in [7, 11) is -3.82. The zero-order valence-corrected chi connectivity index (χ0v) is 18.2. The molecule has 32 heavy (non-hydrogen) atoms. The van der Waals surface area contributed by atoms with Gasteiger partial charge in [0.15, 0.2) is 6.61 Å². The second kappa shape index (κ2) is 10.8. The van der Waals surface area contributed by atoms with Gasteiger partial charge in [-0.05, 0) is 43.2 Å². The van der Waals surface area contributed by atoms with Crippen molar-refractivity contribution in [2.75, 3.05) is 11.3 Å². The van der Waals surface area contributed by atoms with Gasteiger partial charge in [0.25, 0.3) is 15.9 Å². The fraction of sp³-hybridized carbons (Fsp3) is 0.318. The molecule has 1 fully saturated rings. The van der Waals surface area contributed by atoms with E-state index < -0.39 is 34.5 Å². The quantitative estimate of drug-likeness (QED) is 0.546. The number of anilines is 1. The summed E-state index contributed by atoms with van der Waals surface area (Å²) >= 11 is 0. The van der Waals surface area contributed by atoms with Gasteiger partial charge in [-0.3, -0.25) is 14.8 Å². The molecule has 1 aliphatic rings. The van der Waals surface area contributed by atoms with E-state index in [1.807, 2.05) is 0 Å². The van der Waals surface area contributed by atoms with Crippen LogP contribution in [0, 0.1) is 0 Å². The van der Waals surface area contributed by atoms with Crippen LogP contribution in [0.2, 0.25) is 0 Å². The van der Waals surface area contributed by atoms with E-state index in [2.05, 4.69) is 15.4 Å². The average molecular weight is 460 g/mol. The zero-order chi connectivity index (χ0) is 23.0. The van der Waals surface area contributed by atoms with E-state index in [0.717, 1.165) is 32.1 Å². The maximum absolute atomic E-state index is 12.4. The van der Waals surface area contributed by atoms with E-state index >= 15 is 0 Å². The van der Waals surface area contributed by atoms with Crippen molar-refractivity contribution < 1.29 is 27.5 Å². The van der Waals surface area contributed by atoms with Crippen LogP contribution >= 0.6 is 0 Å². The molecule has 1 aliphatic carbocycles. The van der Waals surface area contributed by atoms with E-state index in [1.54, 1.807) is 18.2 Å². The molecule has 3 amide bonds. The minimum atomic E-state index is -3.82. The van der Waals surface area contributed by atoms with Gasteiger partial charge in [0, 0.05) is 11.7 Å². The molecular weight excluding hydrogens is 434 g/mol. The lowest BCUT2D eigenvalue weighted by Gasteiger charge is -2.22. The third-order valence-corrected chi connectivity index (χ3v) is 6.33. The molecule has 3 rings (SSSR count). The summed E-state index contributed by atoms with van der Waals surface area (Å²) in [6, 6.07) is 12.9. The van der Waals surface area contributed by atoms with Crippen molar-refractivity contribution in [3.63, 3.8) is 0 Å². The Morgan fingerprint density at radius 2 is 1.66 bits per heavy atom. The van der Waals surface area contributed by atoms with Gasteiger partial charge in [0.05, 0.1) is 10.5 Å². The Kier molecular flexibility index (Phi) is 7.82. The molecule has 0 unspecified atom stereocenters. The summed E-state index contributed by atoms with van der Waals surface area (Å²) < 4.78 is 32.2. The molecule has 0 saturated heterocycles. The molecule has 3 N–H and O–H groups in total. The maximum atomic E-state index is 12.4. The van der Waals surface area contributed by atoms with Crippen molar-refractivity contribution in [1.29, 1.82) is 0 Å². The molecule has 2 aromatic rings. The van der Waals surface area contributed by atoms with Gasteiger partial charge in [-0.25, -0.2) is 18.0 Å². The summed E-state index contributed by atoms with van der Waals surface area (Å²) in [5.41, 5.74) is 0.220. The van der Waals surface area contributed by atoms with Crippen LogP contribution in [0.4, 0.5) is 10.5 Å². The number of hydrogen-bond acceptors (Lipinski definition) is 6. The minimum absolute atomic E-state index is 0.0431. The molecule has 0 spiro atoms. The topological polar surface area (TPSA) is 131 Å². The number of benzene rings is 2. The van der Waals surface area contributed by atoms with Gasteiger partial charge in [-0.1, -0.05) is 43.5 Å². The van der Waals surface area contributed by atoms with Crippen LogP contribution in [-0.2, 0) is 19.6 Å². The summed E-state index contributed by atoms with van der Waals surface area (Å²) in [4.78, 5) is 36.1. The molecule has 0 heterocycles. The van der Waals surface area contributed by atoms with Gasteiger partial charge in [-0.2, -0.15) is 0 Å². The summed E-state index contributed by atoms with van der Waals surface area (Å²) in [5, 5.41) is 4.87. The number of imide groups is 1. The van der Waals surface area contributed by atoms with Crippen LogP contribution in [-0.4, -0.2) is 39.0 Å². The molecule has 10 heteroatoms. The molecule has 0 atom stereocenters. The minimum Gasteiger partial charge on any atom is -0.452 e. The average Bonchev–Trinajstić information content (AvgIpc) is 2.78. The van der Waals surface area contributed by atoms with Gasteiger partial charge in [0.1, 0.15) is 0 Å². The van der Waals surface area contributed by atoms with Crippen LogP contribution < -0.4 is 15.4 Å². The van der Waals surface area contributed by atoms with Crippen molar-refractivity contribution in [3.8, 4) is 0 Å². The molecule has 0 aromatic heterocycles. The fourth-order valence-corrected chi connectivity index (χ4v) is 4.44. The van der Waals surface area contributed by atoms with Gasteiger partial charge < -0.3 is 10.1 Å². The number of amides is 3. The molecule has 0 aliphatic heterocycles. The van der Waals surface area contributed by atoms with E-state index in [1.165, 1.54) is 36.4 Å². The second-order valence-electron chi connectivity index (χ2n) is 7.43. The Bertz CT molecular complexity index is 1070. The highest BCUT2D eigenvalue weighted by Gasteiger charge is 2.18. The van der Waals surface area contributed by atoms with E-state index in [-0.39, 0.29) is 22.2 Å². The first kappa shape index (κ1) is 23.3. The first-order valence-corrected chi connectivity index (χ1v) is 11.8. The predicted octanol–water partition coefficient (Wildman–Crippen LogP) is 2.80. The molecule has 0 radical (unpaired) electrons. The molecular formula is C22H25N3O6S. The summed E-state index contributed by atoms with van der Waals surface area (Å²) in [6.45, 7) is -0.642. The first-order valence-electron chi connectivity index (χ1n) is 10.3. The number of ether oxygens (including phenoxy) is 1. The van der Waals surface area contributed by atoms with Crippen molar-refractivity contribution >= 4 is 33.6 Å². The lowest BCUT2D eigenvalue weighted by Crippen LogP contribution is -2.46. The van der Waals surface area contributed by atoms with Crippen molar-refractivity contribution in [2.24, 2.45) is 0 Å². The third-order valence-electron chi connectivity index (χ3n) is 4.93. The highest BCUT2D eigenvalue weighted by Crippen LogP contribution is 2.18. The third kappa shape index (κ3) is 6.81. The van der Waals surface area contributed by atoms with Crippen LogP contribution in [0.15, 0.2) is 59.5 Å². The molecule has 170 valence electrons. The lowest BCUT2D eigenvalue weighted by molar-refractivity contribution is -0.123. The Balaban J connectivity index is 1.51. The molecule has 9 nitrogen and oxygen atoms in total. The highest BCUT2D eigenvalue weighted by molar-refractivity contribution is 7.92. The monoisotopic (exact) mass is 459 g/mol. The number of urea groups is 1. The summed E-state index contributed by atoms with van der Waals surface area (Å²) in [6.07, 6.45) is 4.97. The molecule has 2 aromatic carbocycles. The Morgan fingerprint density at radius 3 is 2.38 bits per heavy atom. The number of sulfonamides is 1. The zero-order valence-electron chi connectivity index (χ0n) is 17.4. The second-order valence-corrected chi connectivity index (χ2v) is 9.11. The maximum Gasteiger partial charge on any atom is 0.338 e. The number of nitrogens with one attached hydrogen (secondary N) is 3. The van der Waals surface area contributed by atoms with E-state index in [9.17, 15) is 22.8 Å². The van der Waals surface area contributed by atoms with Gasteiger partial charge in [-0.15, -0.1) is 0 Å². The lowest BCUT2D eigenvalue weighted by atomic mass is 9.96. The number of rotatable bonds is 7. The van der Waals surface area contributed by atoms with E-state index in [4.69, 9.17) is 4.74 Å². The number of esters is 1. The Morgan fingerprint density at radius 1 is 0.938 bits per heavy atom. The van der Waals surface area contributed by atoms with E-state index in [0.29, 0.717) is 0 Å². The van der Waals surface area contributed by atoms with Crippen molar-refractivity contribution in [1.82, 2.24) is 10.6 Å². The number of carbonyl (C=O) groups is 3. The molecule has 1 saturated carbocycles. The van der Waals surface area contributed by atoms with Crippen LogP contribution in [0.5, 0.6) is 0 Å².